The average molecular weight is 479 g/mol. The van der Waals surface area contributed by atoms with E-state index in [2.05, 4.69) is 14.8 Å². The van der Waals surface area contributed by atoms with Crippen LogP contribution in [0.2, 0.25) is 10.0 Å². The lowest BCUT2D eigenvalue weighted by Crippen LogP contribution is -2.16. The van der Waals surface area contributed by atoms with Gasteiger partial charge in [0.1, 0.15) is 4.90 Å². The Balaban J connectivity index is 1.87. The highest BCUT2D eigenvalue weighted by molar-refractivity contribution is 7.92. The summed E-state index contributed by atoms with van der Waals surface area (Å²) in [7, 11) is -2.83. The first-order valence-corrected chi connectivity index (χ1v) is 11.0. The number of halogens is 2. The number of methoxy groups -OCH3 is 1. The molecule has 0 bridgehead atoms. The lowest BCUT2D eigenvalue weighted by Gasteiger charge is -2.12. The number of carbonyl (C=O) groups is 2. The Morgan fingerprint density at radius 2 is 1.55 bits per heavy atom. The van der Waals surface area contributed by atoms with Gasteiger partial charge in [0.25, 0.3) is 15.9 Å². The fourth-order valence-corrected chi connectivity index (χ4v) is 4.42. The largest absolute Gasteiger partial charge is 0.465 e. The van der Waals surface area contributed by atoms with Crippen molar-refractivity contribution in [3.05, 3.63) is 87.9 Å². The van der Waals surface area contributed by atoms with Crippen LogP contribution in [0, 0.1) is 0 Å². The van der Waals surface area contributed by atoms with Crippen LogP contribution in [0.3, 0.4) is 0 Å². The molecule has 0 aliphatic rings. The average Bonchev–Trinajstić information content (AvgIpc) is 2.75. The van der Waals surface area contributed by atoms with E-state index in [0.717, 1.165) is 0 Å². The highest BCUT2D eigenvalue weighted by atomic mass is 35.5. The molecule has 0 aliphatic carbocycles. The Labute approximate surface area is 189 Å². The molecular formula is C21H16Cl2N2O5S. The molecule has 2 N–H and O–H groups in total. The molecule has 0 spiro atoms. The van der Waals surface area contributed by atoms with E-state index >= 15 is 0 Å². The first-order chi connectivity index (χ1) is 14.7. The molecule has 0 aliphatic heterocycles. The fourth-order valence-electron chi connectivity index (χ4n) is 2.64. The maximum atomic E-state index is 12.8. The van der Waals surface area contributed by atoms with E-state index in [1.165, 1.54) is 43.5 Å². The number of amides is 1. The summed E-state index contributed by atoms with van der Waals surface area (Å²) in [6.45, 7) is 0. The summed E-state index contributed by atoms with van der Waals surface area (Å²) in [5.74, 6) is -1.26. The van der Waals surface area contributed by atoms with Crippen molar-refractivity contribution in [3.63, 3.8) is 0 Å². The fraction of sp³-hybridized carbons (Fsp3) is 0.0476. The lowest BCUT2D eigenvalue weighted by atomic mass is 10.1. The minimum absolute atomic E-state index is 0.0422. The molecule has 0 unspecified atom stereocenters. The van der Waals surface area contributed by atoms with Crippen LogP contribution >= 0.6 is 23.2 Å². The van der Waals surface area contributed by atoms with Gasteiger partial charge in [-0.15, -0.1) is 0 Å². The number of hydrogen-bond donors (Lipinski definition) is 2. The molecule has 10 heteroatoms. The van der Waals surface area contributed by atoms with Gasteiger partial charge in [-0.25, -0.2) is 13.2 Å². The first-order valence-electron chi connectivity index (χ1n) is 8.78. The number of para-hydroxylation sites is 1. The smallest absolute Gasteiger partial charge is 0.339 e. The van der Waals surface area contributed by atoms with Crippen LogP contribution in [-0.4, -0.2) is 27.4 Å². The highest BCUT2D eigenvalue weighted by Crippen LogP contribution is 2.26. The van der Waals surface area contributed by atoms with Crippen molar-refractivity contribution in [2.75, 3.05) is 17.1 Å². The zero-order valence-electron chi connectivity index (χ0n) is 16.1. The molecule has 0 fully saturated rings. The number of rotatable bonds is 6. The van der Waals surface area contributed by atoms with Gasteiger partial charge in [0.2, 0.25) is 0 Å². The van der Waals surface area contributed by atoms with Crippen LogP contribution in [0.25, 0.3) is 0 Å². The van der Waals surface area contributed by atoms with E-state index in [9.17, 15) is 18.0 Å². The first kappa shape index (κ1) is 22.6. The zero-order valence-corrected chi connectivity index (χ0v) is 18.4. The van der Waals surface area contributed by atoms with Gasteiger partial charge in [-0.05, 0) is 48.5 Å². The van der Waals surface area contributed by atoms with Crippen molar-refractivity contribution in [2.24, 2.45) is 0 Å². The standard InChI is InChI=1S/C21H16Cl2N2O5S/c1-30-21(27)16-12-15(8-10-17(16)22)24-20(26)13-7-9-18(23)19(11-13)31(28,29)25-14-5-3-2-4-6-14/h2-12,25H,1H3,(H,24,26). The van der Waals surface area contributed by atoms with Gasteiger partial charge in [-0.2, -0.15) is 0 Å². The molecule has 0 heterocycles. The number of anilines is 2. The van der Waals surface area contributed by atoms with Crippen molar-refractivity contribution < 1.29 is 22.7 Å². The number of benzene rings is 3. The molecule has 3 aromatic rings. The van der Waals surface area contributed by atoms with E-state index in [-0.39, 0.29) is 31.8 Å². The van der Waals surface area contributed by atoms with E-state index < -0.39 is 21.9 Å². The summed E-state index contributed by atoms with van der Waals surface area (Å²) in [5, 5.41) is 2.71. The minimum Gasteiger partial charge on any atom is -0.465 e. The summed E-state index contributed by atoms with van der Waals surface area (Å²) >= 11 is 12.1. The minimum atomic E-state index is -4.04. The number of esters is 1. The third-order valence-corrected chi connectivity index (χ3v) is 6.33. The molecule has 31 heavy (non-hydrogen) atoms. The third kappa shape index (κ3) is 5.35. The molecule has 7 nitrogen and oxygen atoms in total. The molecule has 0 aromatic heterocycles. The summed E-state index contributed by atoms with van der Waals surface area (Å²) in [5.41, 5.74) is 0.752. The number of hydrogen-bond acceptors (Lipinski definition) is 5. The van der Waals surface area contributed by atoms with Crippen molar-refractivity contribution in [3.8, 4) is 0 Å². The summed E-state index contributed by atoms with van der Waals surface area (Å²) < 4.78 is 32.6. The van der Waals surface area contributed by atoms with Gasteiger partial charge < -0.3 is 10.1 Å². The van der Waals surface area contributed by atoms with Crippen molar-refractivity contribution in [1.29, 1.82) is 0 Å². The van der Waals surface area contributed by atoms with Gasteiger partial charge in [0.15, 0.2) is 0 Å². The molecule has 3 aromatic carbocycles. The van der Waals surface area contributed by atoms with E-state index in [1.54, 1.807) is 30.3 Å². The topological polar surface area (TPSA) is 102 Å². The van der Waals surface area contributed by atoms with Crippen LogP contribution in [0.5, 0.6) is 0 Å². The molecule has 0 saturated heterocycles. The SMILES string of the molecule is COC(=O)c1cc(NC(=O)c2ccc(Cl)c(S(=O)(=O)Nc3ccccc3)c2)ccc1Cl. The molecule has 0 atom stereocenters. The van der Waals surface area contributed by atoms with E-state index in [1.807, 2.05) is 0 Å². The monoisotopic (exact) mass is 478 g/mol. The van der Waals surface area contributed by atoms with Crippen LogP contribution in [0.1, 0.15) is 20.7 Å². The molecular weight excluding hydrogens is 463 g/mol. The zero-order chi connectivity index (χ0) is 22.6. The summed E-state index contributed by atoms with van der Waals surface area (Å²) in [6.07, 6.45) is 0. The Hall–Kier alpha value is -3.07. The van der Waals surface area contributed by atoms with Gasteiger partial charge in [0, 0.05) is 16.9 Å². The van der Waals surface area contributed by atoms with Crippen molar-refractivity contribution in [2.45, 2.75) is 4.90 Å². The maximum absolute atomic E-state index is 12.8. The van der Waals surface area contributed by atoms with E-state index in [4.69, 9.17) is 23.2 Å². The quantitative estimate of drug-likeness (QED) is 0.493. The number of sulfonamides is 1. The normalized spacial score (nSPS) is 10.9. The van der Waals surface area contributed by atoms with Crippen LogP contribution in [0.4, 0.5) is 11.4 Å². The van der Waals surface area contributed by atoms with Crippen LogP contribution in [-0.2, 0) is 14.8 Å². The Morgan fingerprint density at radius 1 is 0.871 bits per heavy atom. The molecule has 160 valence electrons. The summed E-state index contributed by atoms with van der Waals surface area (Å²) in [6, 6.07) is 16.4. The Bertz CT molecular complexity index is 1250. The third-order valence-electron chi connectivity index (χ3n) is 4.14. The second-order valence-corrected chi connectivity index (χ2v) is 8.72. The predicted octanol–water partition coefficient (Wildman–Crippen LogP) is 4.83. The van der Waals surface area contributed by atoms with Gasteiger partial charge in [0.05, 0.1) is 22.7 Å². The molecule has 0 saturated carbocycles. The predicted molar refractivity (Wildman–Crippen MR) is 119 cm³/mol. The Morgan fingerprint density at radius 3 is 2.23 bits per heavy atom. The number of carbonyl (C=O) groups excluding carboxylic acids is 2. The van der Waals surface area contributed by atoms with Gasteiger partial charge >= 0.3 is 5.97 Å². The lowest BCUT2D eigenvalue weighted by molar-refractivity contribution is 0.0600. The Kier molecular flexibility index (Phi) is 6.84. The molecule has 3 rings (SSSR count). The highest BCUT2D eigenvalue weighted by Gasteiger charge is 2.21. The molecule has 0 radical (unpaired) electrons. The number of ether oxygens (including phenoxy) is 1. The number of nitrogens with one attached hydrogen (secondary N) is 2. The second-order valence-electron chi connectivity index (χ2n) is 6.26. The summed E-state index contributed by atoms with van der Waals surface area (Å²) in [4.78, 5) is 24.2. The van der Waals surface area contributed by atoms with Crippen LogP contribution in [0.15, 0.2) is 71.6 Å². The van der Waals surface area contributed by atoms with E-state index in [0.29, 0.717) is 5.69 Å². The van der Waals surface area contributed by atoms with Gasteiger partial charge in [-0.1, -0.05) is 41.4 Å². The van der Waals surface area contributed by atoms with Crippen molar-refractivity contribution >= 4 is 56.5 Å². The molecule has 1 amide bonds. The van der Waals surface area contributed by atoms with Crippen molar-refractivity contribution in [1.82, 2.24) is 0 Å². The van der Waals surface area contributed by atoms with Gasteiger partial charge in [-0.3, -0.25) is 9.52 Å². The second kappa shape index (κ2) is 9.38. The van der Waals surface area contributed by atoms with Crippen LogP contribution < -0.4 is 10.0 Å². The maximum Gasteiger partial charge on any atom is 0.339 e.